The van der Waals surface area contributed by atoms with Gasteiger partial charge in [-0.3, -0.25) is 4.68 Å². The molecule has 2 aromatic rings. The first-order valence-corrected chi connectivity index (χ1v) is 4.96. The van der Waals surface area contributed by atoms with Crippen LogP contribution in [0.2, 0.25) is 5.02 Å². The molecule has 0 saturated heterocycles. The van der Waals surface area contributed by atoms with Gasteiger partial charge >= 0.3 is 0 Å². The molecule has 0 aliphatic carbocycles. The van der Waals surface area contributed by atoms with Gasteiger partial charge in [0.25, 0.3) is 0 Å². The van der Waals surface area contributed by atoms with E-state index in [9.17, 15) is 0 Å². The molecule has 2 N–H and O–H groups in total. The molecule has 1 unspecified atom stereocenters. The van der Waals surface area contributed by atoms with Crippen molar-refractivity contribution < 1.29 is 4.42 Å². The van der Waals surface area contributed by atoms with E-state index in [1.807, 2.05) is 19.1 Å². The number of furan rings is 1. The minimum Gasteiger partial charge on any atom is -0.464 e. The number of hydrogen-bond acceptors (Lipinski definition) is 3. The summed E-state index contributed by atoms with van der Waals surface area (Å²) in [7, 11) is 1.80. The van der Waals surface area contributed by atoms with Crippen LogP contribution in [0.5, 0.6) is 0 Å². The first kappa shape index (κ1) is 10.3. The van der Waals surface area contributed by atoms with E-state index < -0.39 is 0 Å². The summed E-state index contributed by atoms with van der Waals surface area (Å²) in [5, 5.41) is 4.59. The van der Waals surface area contributed by atoms with Crippen molar-refractivity contribution in [3.63, 3.8) is 0 Å². The van der Waals surface area contributed by atoms with Gasteiger partial charge in [0.15, 0.2) is 0 Å². The summed E-state index contributed by atoms with van der Waals surface area (Å²) in [5.41, 5.74) is 6.79. The molecule has 0 aromatic carbocycles. The molecular weight excluding hydrogens is 214 g/mol. The fraction of sp³-hybridized carbons (Fsp3) is 0.300. The molecule has 0 spiro atoms. The zero-order chi connectivity index (χ0) is 11.0. The molecule has 0 fully saturated rings. The second-order valence-electron chi connectivity index (χ2n) is 3.43. The molecule has 80 valence electrons. The van der Waals surface area contributed by atoms with E-state index in [1.54, 1.807) is 17.9 Å². The molecule has 1 atom stereocenters. The highest BCUT2D eigenvalue weighted by Gasteiger charge is 2.19. The monoisotopic (exact) mass is 225 g/mol. The van der Waals surface area contributed by atoms with Crippen molar-refractivity contribution in [1.29, 1.82) is 0 Å². The molecule has 0 radical (unpaired) electrons. The number of aryl methyl sites for hydroxylation is 2. The van der Waals surface area contributed by atoms with Gasteiger partial charge in [0.1, 0.15) is 17.6 Å². The van der Waals surface area contributed by atoms with Gasteiger partial charge in [0.2, 0.25) is 0 Å². The van der Waals surface area contributed by atoms with Crippen molar-refractivity contribution in [1.82, 2.24) is 9.78 Å². The second kappa shape index (κ2) is 3.72. The lowest BCUT2D eigenvalue weighted by Gasteiger charge is -2.09. The third-order valence-corrected chi connectivity index (χ3v) is 2.59. The predicted octanol–water partition coefficient (Wildman–Crippen LogP) is 2.02. The van der Waals surface area contributed by atoms with Crippen LogP contribution in [0.3, 0.4) is 0 Å². The summed E-state index contributed by atoms with van der Waals surface area (Å²) in [4.78, 5) is 0. The molecule has 0 amide bonds. The van der Waals surface area contributed by atoms with Crippen LogP contribution in [0, 0.1) is 6.92 Å². The van der Waals surface area contributed by atoms with Gasteiger partial charge < -0.3 is 10.2 Å². The smallest absolute Gasteiger partial charge is 0.127 e. The number of nitrogens with zero attached hydrogens (tertiary/aromatic N) is 2. The van der Waals surface area contributed by atoms with Crippen LogP contribution in [0.25, 0.3) is 0 Å². The van der Waals surface area contributed by atoms with Crippen LogP contribution in [-0.2, 0) is 7.05 Å². The van der Waals surface area contributed by atoms with E-state index >= 15 is 0 Å². The zero-order valence-electron chi connectivity index (χ0n) is 8.57. The molecule has 0 aliphatic heterocycles. The van der Waals surface area contributed by atoms with E-state index in [1.165, 1.54) is 0 Å². The Morgan fingerprint density at radius 2 is 2.27 bits per heavy atom. The maximum absolute atomic E-state index is 6.04. The molecular formula is C10H12ClN3O. The molecule has 0 saturated carbocycles. The Kier molecular flexibility index (Phi) is 2.54. The topological polar surface area (TPSA) is 57.0 Å². The molecule has 2 rings (SSSR count). The van der Waals surface area contributed by atoms with Gasteiger partial charge in [-0.2, -0.15) is 5.10 Å². The fourth-order valence-electron chi connectivity index (χ4n) is 1.53. The van der Waals surface area contributed by atoms with E-state index in [2.05, 4.69) is 5.10 Å². The highest BCUT2D eigenvalue weighted by molar-refractivity contribution is 6.31. The number of aromatic nitrogens is 2. The molecule has 0 aliphatic rings. The van der Waals surface area contributed by atoms with Gasteiger partial charge in [0.05, 0.1) is 16.9 Å². The fourth-order valence-corrected chi connectivity index (χ4v) is 1.81. The summed E-state index contributed by atoms with van der Waals surface area (Å²) in [6.07, 6.45) is 1.58. The van der Waals surface area contributed by atoms with Crippen molar-refractivity contribution in [2.75, 3.05) is 0 Å². The van der Waals surface area contributed by atoms with Crippen LogP contribution >= 0.6 is 11.6 Å². The molecule has 5 heteroatoms. The Labute approximate surface area is 92.6 Å². The summed E-state index contributed by atoms with van der Waals surface area (Å²) >= 11 is 5.99. The predicted molar refractivity (Wildman–Crippen MR) is 57.7 cm³/mol. The minimum absolute atomic E-state index is 0.376. The summed E-state index contributed by atoms with van der Waals surface area (Å²) in [6.45, 7) is 1.88. The van der Waals surface area contributed by atoms with Gasteiger partial charge in [-0.05, 0) is 19.1 Å². The molecule has 15 heavy (non-hydrogen) atoms. The van der Waals surface area contributed by atoms with Crippen LogP contribution in [0.15, 0.2) is 22.7 Å². The van der Waals surface area contributed by atoms with Crippen molar-refractivity contribution in [3.8, 4) is 0 Å². The van der Waals surface area contributed by atoms with Gasteiger partial charge in [-0.15, -0.1) is 0 Å². The first-order valence-electron chi connectivity index (χ1n) is 4.59. The number of halogens is 1. The lowest BCUT2D eigenvalue weighted by molar-refractivity contribution is 0.457. The first-order chi connectivity index (χ1) is 7.09. The Bertz CT molecular complexity index is 455. The standard InChI is InChI=1S/C10H12ClN3O/c1-6-3-4-8(15-6)9(12)10-7(11)5-13-14(10)2/h3-5,9H,12H2,1-2H3. The third kappa shape index (κ3) is 1.78. The lowest BCUT2D eigenvalue weighted by atomic mass is 10.2. The van der Waals surface area contributed by atoms with Crippen molar-refractivity contribution in [2.24, 2.45) is 12.8 Å². The van der Waals surface area contributed by atoms with Crippen molar-refractivity contribution >= 4 is 11.6 Å². The SMILES string of the molecule is Cc1ccc(C(N)c2c(Cl)cnn2C)o1. The minimum atomic E-state index is -0.376. The molecule has 2 heterocycles. The third-order valence-electron chi connectivity index (χ3n) is 2.30. The largest absolute Gasteiger partial charge is 0.464 e. The van der Waals surface area contributed by atoms with E-state index in [0.717, 1.165) is 11.5 Å². The average Bonchev–Trinajstić information content (AvgIpc) is 2.73. The second-order valence-corrected chi connectivity index (χ2v) is 3.83. The van der Waals surface area contributed by atoms with Crippen molar-refractivity contribution in [2.45, 2.75) is 13.0 Å². The zero-order valence-corrected chi connectivity index (χ0v) is 9.32. The molecule has 4 nitrogen and oxygen atoms in total. The highest BCUT2D eigenvalue weighted by atomic mass is 35.5. The summed E-state index contributed by atoms with van der Waals surface area (Å²) in [5.74, 6) is 1.52. The Balaban J connectivity index is 2.40. The van der Waals surface area contributed by atoms with Crippen LogP contribution < -0.4 is 5.73 Å². The molecule has 0 bridgehead atoms. The summed E-state index contributed by atoms with van der Waals surface area (Å²) < 4.78 is 7.11. The molecule has 2 aromatic heterocycles. The Morgan fingerprint density at radius 3 is 2.73 bits per heavy atom. The maximum atomic E-state index is 6.04. The number of nitrogens with two attached hydrogens (primary N) is 1. The lowest BCUT2D eigenvalue weighted by Crippen LogP contribution is -2.15. The quantitative estimate of drug-likeness (QED) is 0.851. The Morgan fingerprint density at radius 1 is 1.53 bits per heavy atom. The summed E-state index contributed by atoms with van der Waals surface area (Å²) in [6, 6.07) is 3.35. The average molecular weight is 226 g/mol. The van der Waals surface area contributed by atoms with Crippen LogP contribution in [-0.4, -0.2) is 9.78 Å². The van der Waals surface area contributed by atoms with Gasteiger partial charge in [0, 0.05) is 7.05 Å². The number of hydrogen-bond donors (Lipinski definition) is 1. The van der Waals surface area contributed by atoms with Crippen molar-refractivity contribution in [3.05, 3.63) is 40.6 Å². The Hall–Kier alpha value is -1.26. The van der Waals surface area contributed by atoms with E-state index in [0.29, 0.717) is 10.8 Å². The van der Waals surface area contributed by atoms with E-state index in [-0.39, 0.29) is 6.04 Å². The van der Waals surface area contributed by atoms with Gasteiger partial charge in [-0.25, -0.2) is 0 Å². The number of rotatable bonds is 2. The van der Waals surface area contributed by atoms with Crippen LogP contribution in [0.1, 0.15) is 23.3 Å². The van der Waals surface area contributed by atoms with E-state index in [4.69, 9.17) is 21.8 Å². The van der Waals surface area contributed by atoms with Crippen LogP contribution in [0.4, 0.5) is 0 Å². The highest BCUT2D eigenvalue weighted by Crippen LogP contribution is 2.26. The maximum Gasteiger partial charge on any atom is 0.127 e. The van der Waals surface area contributed by atoms with Gasteiger partial charge in [-0.1, -0.05) is 11.6 Å². The normalized spacial score (nSPS) is 13.1.